The molecule has 1 amide bonds. The minimum Gasteiger partial charge on any atom is -0.407 e. The zero-order valence-corrected chi connectivity index (χ0v) is 13.2. The fourth-order valence-corrected chi connectivity index (χ4v) is 3.09. The molecule has 0 aliphatic rings. The van der Waals surface area contributed by atoms with Crippen LogP contribution in [0.1, 0.15) is 0 Å². The molecular weight excluding hydrogens is 316 g/mol. The molecule has 0 saturated heterocycles. The number of aromatic nitrogens is 1. The molecule has 2 aromatic heterocycles. The van der Waals surface area contributed by atoms with Gasteiger partial charge < -0.3 is 14.9 Å². The van der Waals surface area contributed by atoms with Gasteiger partial charge in [-0.15, -0.1) is 0 Å². The molecule has 4 rings (SSSR count). The van der Waals surface area contributed by atoms with Crippen LogP contribution in [0.4, 0.5) is 4.79 Å². The summed E-state index contributed by atoms with van der Waals surface area (Å²) in [5.74, 6) is 0.157. The molecule has 2 heterocycles. The quantitative estimate of drug-likeness (QED) is 0.610. The summed E-state index contributed by atoms with van der Waals surface area (Å²) in [6.07, 6.45) is 0.856. The summed E-state index contributed by atoms with van der Waals surface area (Å²) in [4.78, 5) is 24.8. The monoisotopic (exact) mass is 330 g/mol. The van der Waals surface area contributed by atoms with E-state index in [0.717, 1.165) is 5.52 Å². The average molecular weight is 330 g/mol. The van der Waals surface area contributed by atoms with Crippen LogP contribution >= 0.6 is 0 Å². The topological polar surface area (TPSA) is 73.8 Å². The molecule has 5 nitrogen and oxygen atoms in total. The number of nitrogens with two attached hydrogens (primary N) is 1. The molecule has 4 aromatic rings. The highest BCUT2D eigenvalue weighted by atomic mass is 16.5. The van der Waals surface area contributed by atoms with Gasteiger partial charge >= 0.3 is 6.09 Å². The van der Waals surface area contributed by atoms with Gasteiger partial charge in [0.25, 0.3) is 0 Å². The van der Waals surface area contributed by atoms with Crippen molar-refractivity contribution in [2.45, 2.75) is 0 Å². The van der Waals surface area contributed by atoms with Crippen LogP contribution in [-0.4, -0.2) is 10.5 Å². The third kappa shape index (κ3) is 2.42. The molecule has 0 aliphatic carbocycles. The van der Waals surface area contributed by atoms with Crippen molar-refractivity contribution >= 4 is 22.5 Å². The number of primary amides is 1. The van der Waals surface area contributed by atoms with E-state index in [1.54, 1.807) is 24.3 Å². The predicted molar refractivity (Wildman–Crippen MR) is 96.8 cm³/mol. The standard InChI is InChI=1S/C20H14N2O3/c21-20(24)25-19-16-11-6-12-22(16)15-10-5-4-9-14(15)18(23)17(19)13-7-2-1-3-8-13/h1-12H,(H2,21,24). The van der Waals surface area contributed by atoms with E-state index in [4.69, 9.17) is 10.5 Å². The first-order valence-electron chi connectivity index (χ1n) is 7.75. The van der Waals surface area contributed by atoms with Crippen molar-refractivity contribution in [2.24, 2.45) is 5.73 Å². The van der Waals surface area contributed by atoms with Crippen molar-refractivity contribution in [2.75, 3.05) is 0 Å². The second-order valence-corrected chi connectivity index (χ2v) is 5.60. The molecule has 0 saturated carbocycles. The molecule has 0 fully saturated rings. The number of para-hydroxylation sites is 1. The Morgan fingerprint density at radius 3 is 2.32 bits per heavy atom. The lowest BCUT2D eigenvalue weighted by Crippen LogP contribution is -2.18. The van der Waals surface area contributed by atoms with E-state index in [2.05, 4.69) is 0 Å². The first kappa shape index (κ1) is 15.0. The summed E-state index contributed by atoms with van der Waals surface area (Å²) in [5, 5.41) is 0.530. The zero-order chi connectivity index (χ0) is 17.4. The molecule has 0 spiro atoms. The highest BCUT2D eigenvalue weighted by molar-refractivity contribution is 5.92. The highest BCUT2D eigenvalue weighted by Crippen LogP contribution is 2.33. The molecule has 0 bridgehead atoms. The number of carbonyl (C=O) groups is 1. The number of ether oxygens (including phenoxy) is 1. The van der Waals surface area contributed by atoms with Gasteiger partial charge in [0.15, 0.2) is 11.2 Å². The summed E-state index contributed by atoms with van der Waals surface area (Å²) in [6, 6.07) is 20.0. The second kappa shape index (κ2) is 5.79. The lowest BCUT2D eigenvalue weighted by atomic mass is 10.0. The molecule has 2 aromatic carbocycles. The maximum atomic E-state index is 13.3. The Morgan fingerprint density at radius 1 is 0.880 bits per heavy atom. The average Bonchev–Trinajstić information content (AvgIpc) is 3.08. The Hall–Kier alpha value is -3.60. The van der Waals surface area contributed by atoms with E-state index in [1.807, 2.05) is 53.1 Å². The van der Waals surface area contributed by atoms with Crippen LogP contribution in [0.15, 0.2) is 77.7 Å². The van der Waals surface area contributed by atoms with Gasteiger partial charge in [-0.3, -0.25) is 4.79 Å². The normalized spacial score (nSPS) is 10.9. The van der Waals surface area contributed by atoms with Crippen molar-refractivity contribution in [3.63, 3.8) is 0 Å². The summed E-state index contributed by atoms with van der Waals surface area (Å²) < 4.78 is 7.12. The molecular formula is C20H14N2O3. The first-order chi connectivity index (χ1) is 12.2. The molecule has 0 unspecified atom stereocenters. The molecule has 122 valence electrons. The smallest absolute Gasteiger partial charge is 0.407 e. The largest absolute Gasteiger partial charge is 0.410 e. The number of fused-ring (bicyclic) bond motifs is 3. The van der Waals surface area contributed by atoms with Gasteiger partial charge in [-0.25, -0.2) is 4.79 Å². The van der Waals surface area contributed by atoms with Crippen LogP contribution < -0.4 is 15.9 Å². The van der Waals surface area contributed by atoms with Gasteiger partial charge in [0.05, 0.1) is 16.6 Å². The number of amides is 1. The summed E-state index contributed by atoms with van der Waals surface area (Å²) >= 11 is 0. The Kier molecular flexibility index (Phi) is 3.47. The predicted octanol–water partition coefficient (Wildman–Crippen LogP) is 3.58. The summed E-state index contributed by atoms with van der Waals surface area (Å²) in [6.45, 7) is 0. The third-order valence-corrected chi connectivity index (χ3v) is 4.11. The minimum atomic E-state index is -0.963. The first-order valence-corrected chi connectivity index (χ1v) is 7.75. The van der Waals surface area contributed by atoms with Crippen LogP contribution in [-0.2, 0) is 0 Å². The van der Waals surface area contributed by atoms with Gasteiger partial charge in [0.1, 0.15) is 0 Å². The van der Waals surface area contributed by atoms with Crippen molar-refractivity contribution in [3.05, 3.63) is 83.2 Å². The maximum Gasteiger partial charge on any atom is 0.410 e. The number of rotatable bonds is 2. The Bertz CT molecular complexity index is 1160. The van der Waals surface area contributed by atoms with E-state index in [1.165, 1.54) is 0 Å². The maximum absolute atomic E-state index is 13.3. The van der Waals surface area contributed by atoms with E-state index >= 15 is 0 Å². The van der Waals surface area contributed by atoms with Crippen molar-refractivity contribution in [1.29, 1.82) is 0 Å². The van der Waals surface area contributed by atoms with Crippen molar-refractivity contribution in [3.8, 4) is 16.9 Å². The fourth-order valence-electron chi connectivity index (χ4n) is 3.09. The number of carbonyl (C=O) groups excluding carboxylic acids is 1. The Balaban J connectivity index is 2.30. The van der Waals surface area contributed by atoms with E-state index in [-0.39, 0.29) is 11.2 Å². The van der Waals surface area contributed by atoms with Gasteiger partial charge in [0, 0.05) is 11.6 Å². The molecule has 5 heteroatoms. The lowest BCUT2D eigenvalue weighted by Gasteiger charge is -2.06. The fraction of sp³-hybridized carbons (Fsp3) is 0. The number of benzene rings is 2. The summed E-state index contributed by atoms with van der Waals surface area (Å²) in [5.41, 5.74) is 7.34. The van der Waals surface area contributed by atoms with Crippen LogP contribution in [0.2, 0.25) is 0 Å². The number of hydrogen-bond acceptors (Lipinski definition) is 3. The van der Waals surface area contributed by atoms with Gasteiger partial charge in [0.2, 0.25) is 0 Å². The van der Waals surface area contributed by atoms with Crippen LogP contribution in [0.5, 0.6) is 5.75 Å². The molecule has 0 aliphatic heterocycles. The Morgan fingerprint density at radius 2 is 1.56 bits per heavy atom. The molecule has 0 radical (unpaired) electrons. The van der Waals surface area contributed by atoms with E-state index in [0.29, 0.717) is 22.0 Å². The number of nitrogens with zero attached hydrogens (tertiary/aromatic N) is 1. The number of hydrogen-bond donors (Lipinski definition) is 1. The van der Waals surface area contributed by atoms with Gasteiger partial charge in [-0.1, -0.05) is 42.5 Å². The second-order valence-electron chi connectivity index (χ2n) is 5.60. The van der Waals surface area contributed by atoms with Crippen molar-refractivity contribution in [1.82, 2.24) is 4.40 Å². The van der Waals surface area contributed by atoms with Crippen LogP contribution in [0.3, 0.4) is 0 Å². The van der Waals surface area contributed by atoms with E-state index < -0.39 is 6.09 Å². The van der Waals surface area contributed by atoms with E-state index in [9.17, 15) is 9.59 Å². The van der Waals surface area contributed by atoms with Crippen molar-refractivity contribution < 1.29 is 9.53 Å². The third-order valence-electron chi connectivity index (χ3n) is 4.11. The van der Waals surface area contributed by atoms with Crippen LogP contribution in [0, 0.1) is 0 Å². The Labute approximate surface area is 142 Å². The molecule has 0 atom stereocenters. The molecule has 25 heavy (non-hydrogen) atoms. The SMILES string of the molecule is NC(=O)Oc1c(-c2ccccc2)c(=O)c2ccccc2n2cccc12. The minimum absolute atomic E-state index is 0.157. The van der Waals surface area contributed by atoms with Crippen LogP contribution in [0.25, 0.3) is 27.5 Å². The zero-order valence-electron chi connectivity index (χ0n) is 13.2. The highest BCUT2D eigenvalue weighted by Gasteiger charge is 2.18. The lowest BCUT2D eigenvalue weighted by molar-refractivity contribution is 0.211. The molecule has 2 N–H and O–H groups in total. The van der Waals surface area contributed by atoms with Gasteiger partial charge in [-0.2, -0.15) is 0 Å². The summed E-state index contributed by atoms with van der Waals surface area (Å²) in [7, 11) is 0. The van der Waals surface area contributed by atoms with Gasteiger partial charge in [-0.05, 0) is 29.8 Å².